The number of aromatic nitrogens is 3. The highest BCUT2D eigenvalue weighted by atomic mass is 19.3. The number of aliphatic hydroxyl groups is 1. The second kappa shape index (κ2) is 8.51. The third kappa shape index (κ3) is 5.16. The number of alkyl halides is 2. The van der Waals surface area contributed by atoms with Crippen molar-refractivity contribution in [3.63, 3.8) is 0 Å². The molecule has 10 heteroatoms. The van der Waals surface area contributed by atoms with Crippen LogP contribution in [0.15, 0.2) is 24.4 Å². The number of methoxy groups -OCH3 is 1. The van der Waals surface area contributed by atoms with E-state index in [1.54, 1.807) is 24.4 Å². The molecule has 2 aromatic rings. The Labute approximate surface area is 160 Å². The van der Waals surface area contributed by atoms with Crippen LogP contribution in [0.25, 0.3) is 5.82 Å². The second-order valence-corrected chi connectivity index (χ2v) is 6.75. The van der Waals surface area contributed by atoms with Crippen LogP contribution < -0.4 is 10.6 Å². The van der Waals surface area contributed by atoms with Gasteiger partial charge in [0.15, 0.2) is 5.82 Å². The highest BCUT2D eigenvalue weighted by molar-refractivity contribution is 5.67. The maximum Gasteiger partial charge on any atom is 0.407 e. The minimum atomic E-state index is -2.60. The lowest BCUT2D eigenvalue weighted by molar-refractivity contribution is -0.0361. The van der Waals surface area contributed by atoms with Crippen LogP contribution in [0.5, 0.6) is 0 Å². The van der Waals surface area contributed by atoms with Crippen molar-refractivity contribution in [2.24, 2.45) is 0 Å². The molecule has 0 bridgehead atoms. The van der Waals surface area contributed by atoms with Crippen molar-refractivity contribution < 1.29 is 23.4 Å². The number of carbonyl (C=O) groups is 1. The van der Waals surface area contributed by atoms with Crippen LogP contribution in [0.1, 0.15) is 36.9 Å². The molecule has 2 heterocycles. The smallest absolute Gasteiger partial charge is 0.407 e. The average molecular weight is 395 g/mol. The Balaban J connectivity index is 1.81. The van der Waals surface area contributed by atoms with Gasteiger partial charge in [0, 0.05) is 31.6 Å². The minimum Gasteiger partial charge on any atom is -0.453 e. The zero-order valence-electron chi connectivity index (χ0n) is 15.5. The van der Waals surface area contributed by atoms with Gasteiger partial charge in [-0.25, -0.2) is 23.2 Å². The Morgan fingerprint density at radius 3 is 2.79 bits per heavy atom. The summed E-state index contributed by atoms with van der Waals surface area (Å²) in [7, 11) is 1.28. The molecule has 0 unspecified atom stereocenters. The third-order valence-corrected chi connectivity index (χ3v) is 4.60. The van der Waals surface area contributed by atoms with Gasteiger partial charge in [0.25, 0.3) is 0 Å². The minimum absolute atomic E-state index is 0.102. The number of aliphatic hydroxyl groups excluding tert-OH is 1. The van der Waals surface area contributed by atoms with E-state index in [0.29, 0.717) is 30.2 Å². The van der Waals surface area contributed by atoms with Gasteiger partial charge in [-0.3, -0.25) is 0 Å². The Morgan fingerprint density at radius 1 is 1.39 bits per heavy atom. The second-order valence-electron chi connectivity index (χ2n) is 6.75. The molecule has 0 aromatic carbocycles. The number of nitrogens with zero attached hydrogens (tertiary/aromatic N) is 3. The fourth-order valence-electron chi connectivity index (χ4n) is 3.08. The molecule has 0 spiro atoms. The Hall–Kier alpha value is -2.75. The standard InChI is InChI=1S/C18H23F2N5O3/c1-28-17(27)21-10-12-8-15(22-13-2-5-18(19,20)6-3-13)23-16(9-12)25-7-4-14(11-26)24-25/h4,7-9,13,26H,2-3,5-6,10-11H2,1H3,(H,21,27)(H,22,23). The molecular weight excluding hydrogens is 372 g/mol. The Morgan fingerprint density at radius 2 is 2.14 bits per heavy atom. The molecule has 1 saturated carbocycles. The van der Waals surface area contributed by atoms with Crippen molar-refractivity contribution in [2.75, 3.05) is 12.4 Å². The molecule has 1 aliphatic carbocycles. The van der Waals surface area contributed by atoms with E-state index in [4.69, 9.17) is 0 Å². The largest absolute Gasteiger partial charge is 0.453 e. The van der Waals surface area contributed by atoms with Gasteiger partial charge >= 0.3 is 6.09 Å². The summed E-state index contributed by atoms with van der Waals surface area (Å²) in [6, 6.07) is 5.05. The highest BCUT2D eigenvalue weighted by Crippen LogP contribution is 2.34. The molecule has 0 radical (unpaired) electrons. The Kier molecular flexibility index (Phi) is 6.08. The van der Waals surface area contributed by atoms with Crippen LogP contribution >= 0.6 is 0 Å². The molecule has 3 rings (SSSR count). The molecular formula is C18H23F2N5O3. The van der Waals surface area contributed by atoms with Gasteiger partial charge in [0.05, 0.1) is 19.4 Å². The fraction of sp³-hybridized carbons (Fsp3) is 0.500. The number of nitrogens with one attached hydrogen (secondary N) is 2. The molecule has 28 heavy (non-hydrogen) atoms. The van der Waals surface area contributed by atoms with E-state index in [0.717, 1.165) is 5.56 Å². The molecule has 0 atom stereocenters. The predicted molar refractivity (Wildman–Crippen MR) is 97.4 cm³/mol. The first-order valence-electron chi connectivity index (χ1n) is 9.01. The number of alkyl carbamates (subject to hydrolysis) is 1. The summed E-state index contributed by atoms with van der Waals surface area (Å²) < 4.78 is 32.9. The van der Waals surface area contributed by atoms with E-state index in [-0.39, 0.29) is 32.0 Å². The normalized spacial score (nSPS) is 16.6. The molecule has 152 valence electrons. The van der Waals surface area contributed by atoms with E-state index >= 15 is 0 Å². The average Bonchev–Trinajstić information content (AvgIpc) is 3.17. The monoisotopic (exact) mass is 395 g/mol. The lowest BCUT2D eigenvalue weighted by Gasteiger charge is -2.29. The van der Waals surface area contributed by atoms with Crippen LogP contribution in [0.4, 0.5) is 19.4 Å². The van der Waals surface area contributed by atoms with Crippen LogP contribution in [-0.4, -0.2) is 45.0 Å². The summed E-state index contributed by atoms with van der Waals surface area (Å²) in [4.78, 5) is 15.9. The van der Waals surface area contributed by atoms with Crippen LogP contribution in [0.3, 0.4) is 0 Å². The predicted octanol–water partition coefficient (Wildman–Crippen LogP) is 2.61. The third-order valence-electron chi connectivity index (χ3n) is 4.60. The molecule has 0 aliphatic heterocycles. The molecule has 3 N–H and O–H groups in total. The zero-order valence-corrected chi connectivity index (χ0v) is 15.5. The van der Waals surface area contributed by atoms with E-state index in [1.807, 2.05) is 0 Å². The molecule has 1 fully saturated rings. The number of ether oxygens (including phenoxy) is 1. The van der Waals surface area contributed by atoms with Gasteiger partial charge in [-0.1, -0.05) is 0 Å². The van der Waals surface area contributed by atoms with Gasteiger partial charge in [-0.15, -0.1) is 0 Å². The number of pyridine rings is 1. The number of amides is 1. The maximum atomic E-state index is 13.4. The van der Waals surface area contributed by atoms with E-state index in [2.05, 4.69) is 25.5 Å². The maximum absolute atomic E-state index is 13.4. The molecule has 8 nitrogen and oxygen atoms in total. The van der Waals surface area contributed by atoms with Crippen LogP contribution in [-0.2, 0) is 17.9 Å². The van der Waals surface area contributed by atoms with Gasteiger partial charge in [-0.2, -0.15) is 5.10 Å². The van der Waals surface area contributed by atoms with Gasteiger partial charge in [0.1, 0.15) is 5.82 Å². The van der Waals surface area contributed by atoms with Crippen LogP contribution in [0.2, 0.25) is 0 Å². The number of carbonyl (C=O) groups excluding carboxylic acids is 1. The van der Waals surface area contributed by atoms with E-state index in [1.165, 1.54) is 11.8 Å². The van der Waals surface area contributed by atoms with Crippen molar-refractivity contribution in [1.29, 1.82) is 0 Å². The molecule has 1 amide bonds. The number of anilines is 1. The number of halogens is 2. The van der Waals surface area contributed by atoms with Gasteiger partial charge in [0.2, 0.25) is 5.92 Å². The van der Waals surface area contributed by atoms with Crippen molar-refractivity contribution in [3.8, 4) is 5.82 Å². The summed E-state index contributed by atoms with van der Waals surface area (Å²) in [5, 5.41) is 19.2. The molecule has 0 saturated heterocycles. The molecule has 1 aliphatic rings. The van der Waals surface area contributed by atoms with Crippen molar-refractivity contribution >= 4 is 11.9 Å². The van der Waals surface area contributed by atoms with Crippen molar-refractivity contribution in [2.45, 2.75) is 50.8 Å². The first-order chi connectivity index (χ1) is 13.4. The number of hydrogen-bond acceptors (Lipinski definition) is 6. The zero-order chi connectivity index (χ0) is 20.1. The van der Waals surface area contributed by atoms with Crippen LogP contribution in [0, 0.1) is 0 Å². The summed E-state index contributed by atoms with van der Waals surface area (Å²) >= 11 is 0. The molecule has 2 aromatic heterocycles. The first kappa shape index (κ1) is 20.0. The SMILES string of the molecule is COC(=O)NCc1cc(NC2CCC(F)(F)CC2)nc(-n2ccc(CO)n2)c1. The summed E-state index contributed by atoms with van der Waals surface area (Å²) in [6.45, 7) is 0.00567. The number of hydrogen-bond donors (Lipinski definition) is 3. The van der Waals surface area contributed by atoms with Gasteiger partial charge < -0.3 is 20.5 Å². The lowest BCUT2D eigenvalue weighted by Crippen LogP contribution is -2.32. The summed E-state index contributed by atoms with van der Waals surface area (Å²) in [5.74, 6) is -1.61. The lowest BCUT2D eigenvalue weighted by atomic mass is 9.92. The highest BCUT2D eigenvalue weighted by Gasteiger charge is 2.34. The Bertz CT molecular complexity index is 817. The fourth-order valence-corrected chi connectivity index (χ4v) is 3.08. The van der Waals surface area contributed by atoms with Crippen molar-refractivity contribution in [3.05, 3.63) is 35.7 Å². The van der Waals surface area contributed by atoms with E-state index < -0.39 is 12.0 Å². The summed E-state index contributed by atoms with van der Waals surface area (Å²) in [5.41, 5.74) is 1.23. The van der Waals surface area contributed by atoms with Gasteiger partial charge in [-0.05, 0) is 36.6 Å². The van der Waals surface area contributed by atoms with E-state index in [9.17, 15) is 18.7 Å². The summed E-state index contributed by atoms with van der Waals surface area (Å²) in [6.07, 6.45) is 1.50. The number of rotatable bonds is 6. The quantitative estimate of drug-likeness (QED) is 0.695. The first-order valence-corrected chi connectivity index (χ1v) is 9.01. The topological polar surface area (TPSA) is 101 Å². The van der Waals surface area contributed by atoms with Crippen molar-refractivity contribution in [1.82, 2.24) is 20.1 Å².